The fraction of sp³-hybridized carbons (Fsp3) is 0.250. The highest BCUT2D eigenvalue weighted by Crippen LogP contribution is 2.24. The fourth-order valence-corrected chi connectivity index (χ4v) is 3.34. The van der Waals surface area contributed by atoms with Crippen LogP contribution in [-0.4, -0.2) is 22.1 Å². The Hall–Kier alpha value is -1.92. The van der Waals surface area contributed by atoms with Crippen LogP contribution in [0, 0.1) is 12.7 Å². The van der Waals surface area contributed by atoms with Gasteiger partial charge in [-0.15, -0.1) is 0 Å². The third kappa shape index (κ3) is 4.05. The lowest BCUT2D eigenvalue weighted by atomic mass is 10.1. The van der Waals surface area contributed by atoms with E-state index in [1.54, 1.807) is 30.3 Å². The van der Waals surface area contributed by atoms with Crippen LogP contribution in [0.1, 0.15) is 11.1 Å². The molecule has 4 nitrogen and oxygen atoms in total. The standard InChI is InChI=1S/C16H18FNO3S/c1-12-3-8-15(21-2)16(11-12)22(19,20)18-10-9-13-4-6-14(17)7-5-13/h3-8,11,18H,9-10H2,1-2H3. The summed E-state index contributed by atoms with van der Waals surface area (Å²) in [5, 5.41) is 0. The SMILES string of the molecule is COc1ccc(C)cc1S(=O)(=O)NCCc1ccc(F)cc1. The van der Waals surface area contributed by atoms with Gasteiger partial charge in [0.2, 0.25) is 10.0 Å². The summed E-state index contributed by atoms with van der Waals surface area (Å²) in [6.07, 6.45) is 0.480. The van der Waals surface area contributed by atoms with Gasteiger partial charge in [-0.2, -0.15) is 0 Å². The molecule has 0 aliphatic carbocycles. The monoisotopic (exact) mass is 323 g/mol. The predicted molar refractivity (Wildman–Crippen MR) is 83.0 cm³/mol. The second-order valence-electron chi connectivity index (χ2n) is 4.93. The number of rotatable bonds is 6. The first-order valence-corrected chi connectivity index (χ1v) is 8.29. The van der Waals surface area contributed by atoms with E-state index in [1.807, 2.05) is 6.92 Å². The minimum atomic E-state index is -3.65. The third-order valence-corrected chi connectivity index (χ3v) is 4.71. The summed E-state index contributed by atoms with van der Waals surface area (Å²) >= 11 is 0. The van der Waals surface area contributed by atoms with Crippen molar-refractivity contribution in [3.05, 3.63) is 59.4 Å². The average molecular weight is 323 g/mol. The minimum Gasteiger partial charge on any atom is -0.495 e. The zero-order chi connectivity index (χ0) is 16.2. The van der Waals surface area contributed by atoms with E-state index in [1.165, 1.54) is 19.2 Å². The van der Waals surface area contributed by atoms with Gasteiger partial charge in [0.1, 0.15) is 16.5 Å². The van der Waals surface area contributed by atoms with Gasteiger partial charge in [-0.3, -0.25) is 0 Å². The number of hydrogen-bond acceptors (Lipinski definition) is 3. The molecule has 0 saturated heterocycles. The Bertz CT molecular complexity index is 742. The maximum atomic E-state index is 12.8. The van der Waals surface area contributed by atoms with Gasteiger partial charge in [0.25, 0.3) is 0 Å². The number of nitrogens with one attached hydrogen (secondary N) is 1. The van der Waals surface area contributed by atoms with E-state index >= 15 is 0 Å². The molecular formula is C16H18FNO3S. The van der Waals surface area contributed by atoms with Gasteiger partial charge in [-0.1, -0.05) is 18.2 Å². The molecule has 0 fully saturated rings. The molecule has 0 aromatic heterocycles. The predicted octanol–water partition coefficient (Wildman–Crippen LogP) is 2.66. The van der Waals surface area contributed by atoms with Crippen LogP contribution in [0.2, 0.25) is 0 Å². The maximum Gasteiger partial charge on any atom is 0.244 e. The van der Waals surface area contributed by atoms with Gasteiger partial charge in [-0.05, 0) is 48.7 Å². The van der Waals surface area contributed by atoms with Crippen molar-refractivity contribution in [2.24, 2.45) is 0 Å². The van der Waals surface area contributed by atoms with E-state index in [9.17, 15) is 12.8 Å². The third-order valence-electron chi connectivity index (χ3n) is 3.23. The number of sulfonamides is 1. The number of methoxy groups -OCH3 is 1. The second kappa shape index (κ2) is 6.89. The molecule has 118 valence electrons. The van der Waals surface area contributed by atoms with Crippen LogP contribution in [0.15, 0.2) is 47.4 Å². The van der Waals surface area contributed by atoms with Gasteiger partial charge in [-0.25, -0.2) is 17.5 Å². The van der Waals surface area contributed by atoms with Crippen LogP contribution < -0.4 is 9.46 Å². The van der Waals surface area contributed by atoms with Gasteiger partial charge >= 0.3 is 0 Å². The lowest BCUT2D eigenvalue weighted by Crippen LogP contribution is -2.26. The van der Waals surface area contributed by atoms with Crippen molar-refractivity contribution < 1.29 is 17.5 Å². The van der Waals surface area contributed by atoms with Crippen LogP contribution in [0.25, 0.3) is 0 Å². The van der Waals surface area contributed by atoms with E-state index < -0.39 is 10.0 Å². The molecule has 2 aromatic carbocycles. The molecule has 0 atom stereocenters. The largest absolute Gasteiger partial charge is 0.495 e. The van der Waals surface area contributed by atoms with Crippen molar-refractivity contribution >= 4 is 10.0 Å². The molecule has 0 unspecified atom stereocenters. The quantitative estimate of drug-likeness (QED) is 0.889. The zero-order valence-corrected chi connectivity index (χ0v) is 13.3. The van der Waals surface area contributed by atoms with Crippen molar-refractivity contribution in [3.63, 3.8) is 0 Å². The molecule has 0 saturated carbocycles. The van der Waals surface area contributed by atoms with Crippen molar-refractivity contribution in [2.45, 2.75) is 18.2 Å². The van der Waals surface area contributed by atoms with Crippen molar-refractivity contribution in [2.75, 3.05) is 13.7 Å². The Labute approximate surface area is 130 Å². The Kier molecular flexibility index (Phi) is 5.15. The molecule has 1 N–H and O–H groups in total. The summed E-state index contributed by atoms with van der Waals surface area (Å²) in [7, 11) is -2.22. The maximum absolute atomic E-state index is 12.8. The molecule has 0 aliphatic heterocycles. The molecule has 0 spiro atoms. The van der Waals surface area contributed by atoms with E-state index in [2.05, 4.69) is 4.72 Å². The topological polar surface area (TPSA) is 55.4 Å². The van der Waals surface area contributed by atoms with Crippen LogP contribution in [0.5, 0.6) is 5.75 Å². The first-order chi connectivity index (χ1) is 10.4. The number of halogens is 1. The van der Waals surface area contributed by atoms with Crippen molar-refractivity contribution in [1.29, 1.82) is 0 Å². The highest BCUT2D eigenvalue weighted by atomic mass is 32.2. The summed E-state index contributed by atoms with van der Waals surface area (Å²) in [5.74, 6) is -0.00582. The van der Waals surface area contributed by atoms with Gasteiger partial charge < -0.3 is 4.74 Å². The lowest BCUT2D eigenvalue weighted by molar-refractivity contribution is 0.402. The zero-order valence-electron chi connectivity index (χ0n) is 12.5. The van der Waals surface area contributed by atoms with E-state index in [4.69, 9.17) is 4.74 Å². The molecule has 0 amide bonds. The summed E-state index contributed by atoms with van der Waals surface area (Å²) in [4.78, 5) is 0.120. The number of ether oxygens (including phenoxy) is 1. The first kappa shape index (κ1) is 16.5. The summed E-state index contributed by atoms with van der Waals surface area (Å²) < 4.78 is 45.2. The molecule has 6 heteroatoms. The molecule has 0 bridgehead atoms. The second-order valence-corrected chi connectivity index (χ2v) is 6.66. The van der Waals surface area contributed by atoms with Gasteiger partial charge in [0.15, 0.2) is 0 Å². The molecular weight excluding hydrogens is 305 g/mol. The molecule has 0 aliphatic rings. The summed E-state index contributed by atoms with van der Waals surface area (Å²) in [6.45, 7) is 2.04. The van der Waals surface area contributed by atoms with Crippen LogP contribution in [0.4, 0.5) is 4.39 Å². The highest BCUT2D eigenvalue weighted by molar-refractivity contribution is 7.89. The Morgan fingerprint density at radius 2 is 1.82 bits per heavy atom. The highest BCUT2D eigenvalue weighted by Gasteiger charge is 2.19. The van der Waals surface area contributed by atoms with E-state index in [0.717, 1.165) is 11.1 Å². The van der Waals surface area contributed by atoms with Gasteiger partial charge in [0, 0.05) is 6.54 Å². The van der Waals surface area contributed by atoms with Crippen LogP contribution >= 0.6 is 0 Å². The molecule has 22 heavy (non-hydrogen) atoms. The summed E-state index contributed by atoms with van der Waals surface area (Å²) in [5.41, 5.74) is 1.69. The Morgan fingerprint density at radius 3 is 2.45 bits per heavy atom. The van der Waals surface area contributed by atoms with Gasteiger partial charge in [0.05, 0.1) is 7.11 Å². The van der Waals surface area contributed by atoms with Crippen LogP contribution in [-0.2, 0) is 16.4 Å². The average Bonchev–Trinajstić information content (AvgIpc) is 2.49. The normalized spacial score (nSPS) is 11.4. The van der Waals surface area contributed by atoms with Crippen LogP contribution in [0.3, 0.4) is 0 Å². The Morgan fingerprint density at radius 1 is 1.14 bits per heavy atom. The Balaban J connectivity index is 2.08. The number of aryl methyl sites for hydroxylation is 1. The number of benzene rings is 2. The fourth-order valence-electron chi connectivity index (χ4n) is 2.05. The smallest absolute Gasteiger partial charge is 0.244 e. The van der Waals surface area contributed by atoms with Crippen molar-refractivity contribution in [3.8, 4) is 5.75 Å². The summed E-state index contributed by atoms with van der Waals surface area (Å²) in [6, 6.07) is 11.0. The molecule has 2 rings (SSSR count). The van der Waals surface area contributed by atoms with Crippen molar-refractivity contribution in [1.82, 2.24) is 4.72 Å². The number of hydrogen-bond donors (Lipinski definition) is 1. The minimum absolute atomic E-state index is 0.120. The van der Waals surface area contributed by atoms with E-state index in [0.29, 0.717) is 12.2 Å². The molecule has 0 heterocycles. The molecule has 2 aromatic rings. The first-order valence-electron chi connectivity index (χ1n) is 6.81. The molecule has 0 radical (unpaired) electrons. The lowest BCUT2D eigenvalue weighted by Gasteiger charge is -2.11. The van der Waals surface area contributed by atoms with E-state index in [-0.39, 0.29) is 17.3 Å².